The van der Waals surface area contributed by atoms with Crippen molar-refractivity contribution in [2.45, 2.75) is 57.1 Å². The van der Waals surface area contributed by atoms with Crippen molar-refractivity contribution in [3.05, 3.63) is 35.9 Å². The molecular formula is C16H25NO3S. The number of hydrogen-bond acceptors (Lipinski definition) is 3. The first-order chi connectivity index (χ1) is 9.95. The first-order valence-corrected chi connectivity index (χ1v) is 9.38. The van der Waals surface area contributed by atoms with Crippen LogP contribution in [0.3, 0.4) is 0 Å². The molecule has 1 saturated carbocycles. The molecule has 5 heteroatoms. The van der Waals surface area contributed by atoms with Gasteiger partial charge in [0.25, 0.3) is 0 Å². The highest BCUT2D eigenvalue weighted by molar-refractivity contribution is 7.89. The predicted molar refractivity (Wildman–Crippen MR) is 84.4 cm³/mol. The summed E-state index contributed by atoms with van der Waals surface area (Å²) in [5.74, 6) is 0.197. The third-order valence-electron chi connectivity index (χ3n) is 4.24. The molecule has 0 aliphatic heterocycles. The van der Waals surface area contributed by atoms with Crippen molar-refractivity contribution in [3.63, 3.8) is 0 Å². The van der Waals surface area contributed by atoms with Gasteiger partial charge in [0.05, 0.1) is 11.4 Å². The number of benzene rings is 1. The van der Waals surface area contributed by atoms with Crippen LogP contribution in [0.15, 0.2) is 30.3 Å². The van der Waals surface area contributed by atoms with E-state index in [1.165, 1.54) is 0 Å². The quantitative estimate of drug-likeness (QED) is 0.848. The normalized spacial score (nSPS) is 26.7. The summed E-state index contributed by atoms with van der Waals surface area (Å²) in [6.07, 6.45) is 4.11. The number of sulfonamides is 1. The van der Waals surface area contributed by atoms with Crippen molar-refractivity contribution in [2.24, 2.45) is 0 Å². The first-order valence-electron chi connectivity index (χ1n) is 7.73. The molecular weight excluding hydrogens is 286 g/mol. The number of rotatable bonds is 6. The molecule has 0 amide bonds. The van der Waals surface area contributed by atoms with Crippen molar-refractivity contribution in [1.29, 1.82) is 0 Å². The molecule has 4 nitrogen and oxygen atoms in total. The molecule has 0 atom stereocenters. The van der Waals surface area contributed by atoms with Crippen molar-refractivity contribution in [2.75, 3.05) is 5.75 Å². The van der Waals surface area contributed by atoms with Gasteiger partial charge in [-0.25, -0.2) is 13.1 Å². The minimum absolute atomic E-state index is 0.0455. The Kier molecular flexibility index (Phi) is 5.41. The van der Waals surface area contributed by atoms with E-state index in [2.05, 4.69) is 4.72 Å². The number of nitrogens with one attached hydrogen (secondary N) is 1. The van der Waals surface area contributed by atoms with Crippen molar-refractivity contribution in [3.8, 4) is 0 Å². The van der Waals surface area contributed by atoms with E-state index in [1.54, 1.807) is 0 Å². The molecule has 0 unspecified atom stereocenters. The fourth-order valence-corrected chi connectivity index (χ4v) is 4.43. The van der Waals surface area contributed by atoms with E-state index in [0.29, 0.717) is 32.1 Å². The lowest BCUT2D eigenvalue weighted by atomic mass is 9.78. The SMILES string of the molecule is CCCCS(=O)(=O)NC1CCC(O)(c2ccccc2)CC1. The molecule has 1 aliphatic carbocycles. The summed E-state index contributed by atoms with van der Waals surface area (Å²) < 4.78 is 26.6. The second-order valence-corrected chi connectivity index (χ2v) is 7.84. The molecule has 1 fully saturated rings. The Hall–Kier alpha value is -0.910. The summed E-state index contributed by atoms with van der Waals surface area (Å²) in [6.45, 7) is 1.98. The maximum absolute atomic E-state index is 11.9. The Balaban J connectivity index is 1.92. The van der Waals surface area contributed by atoms with Crippen LogP contribution in [0.2, 0.25) is 0 Å². The molecule has 0 aromatic heterocycles. The van der Waals surface area contributed by atoms with Gasteiger partial charge < -0.3 is 5.11 Å². The van der Waals surface area contributed by atoms with Crippen LogP contribution in [0.25, 0.3) is 0 Å². The van der Waals surface area contributed by atoms with E-state index in [9.17, 15) is 13.5 Å². The second kappa shape index (κ2) is 6.90. The van der Waals surface area contributed by atoms with E-state index in [4.69, 9.17) is 0 Å². The molecule has 0 saturated heterocycles. The van der Waals surface area contributed by atoms with Gasteiger partial charge in [0.15, 0.2) is 0 Å². The molecule has 118 valence electrons. The standard InChI is InChI=1S/C16H25NO3S/c1-2-3-13-21(19,20)17-15-9-11-16(18,12-10-15)14-7-5-4-6-8-14/h4-8,15,17-18H,2-3,9-13H2,1H3. The Bertz CT molecular complexity index is 534. The average molecular weight is 311 g/mol. The molecule has 0 spiro atoms. The van der Waals surface area contributed by atoms with Gasteiger partial charge in [-0.3, -0.25) is 0 Å². The molecule has 1 aromatic rings. The zero-order valence-electron chi connectivity index (χ0n) is 12.6. The Morgan fingerprint density at radius 3 is 2.43 bits per heavy atom. The predicted octanol–water partition coefficient (Wildman–Crippen LogP) is 2.54. The molecule has 2 rings (SSSR count). The summed E-state index contributed by atoms with van der Waals surface area (Å²) in [7, 11) is -3.18. The Labute approximate surface area is 127 Å². The molecule has 0 radical (unpaired) electrons. The highest BCUT2D eigenvalue weighted by Gasteiger charge is 2.35. The van der Waals surface area contributed by atoms with E-state index < -0.39 is 15.6 Å². The van der Waals surface area contributed by atoms with Gasteiger partial charge in [0.1, 0.15) is 0 Å². The fraction of sp³-hybridized carbons (Fsp3) is 0.625. The van der Waals surface area contributed by atoms with Crippen LogP contribution in [-0.4, -0.2) is 25.3 Å². The van der Waals surface area contributed by atoms with Gasteiger partial charge in [-0.1, -0.05) is 43.7 Å². The maximum atomic E-state index is 11.9. The molecule has 2 N–H and O–H groups in total. The minimum atomic E-state index is -3.18. The van der Waals surface area contributed by atoms with Crippen LogP contribution < -0.4 is 4.72 Å². The van der Waals surface area contributed by atoms with E-state index in [-0.39, 0.29) is 11.8 Å². The van der Waals surface area contributed by atoms with Crippen LogP contribution in [0.5, 0.6) is 0 Å². The highest BCUT2D eigenvalue weighted by atomic mass is 32.2. The Morgan fingerprint density at radius 2 is 1.86 bits per heavy atom. The zero-order chi connectivity index (χ0) is 15.3. The highest BCUT2D eigenvalue weighted by Crippen LogP contribution is 2.37. The summed E-state index contributed by atoms with van der Waals surface area (Å²) in [5.41, 5.74) is 0.115. The van der Waals surface area contributed by atoms with Crippen molar-refractivity contribution < 1.29 is 13.5 Å². The van der Waals surface area contributed by atoms with Gasteiger partial charge in [-0.05, 0) is 37.7 Å². The molecule has 0 bridgehead atoms. The third-order valence-corrected chi connectivity index (χ3v) is 5.76. The van der Waals surface area contributed by atoms with Crippen molar-refractivity contribution >= 4 is 10.0 Å². The van der Waals surface area contributed by atoms with E-state index in [1.807, 2.05) is 37.3 Å². The van der Waals surface area contributed by atoms with Crippen LogP contribution in [0.1, 0.15) is 51.0 Å². The van der Waals surface area contributed by atoms with Crippen LogP contribution in [0.4, 0.5) is 0 Å². The number of aliphatic hydroxyl groups is 1. The molecule has 1 aliphatic rings. The number of hydrogen-bond donors (Lipinski definition) is 2. The monoisotopic (exact) mass is 311 g/mol. The fourth-order valence-electron chi connectivity index (χ4n) is 2.90. The van der Waals surface area contributed by atoms with Gasteiger partial charge >= 0.3 is 0 Å². The largest absolute Gasteiger partial charge is 0.385 e. The van der Waals surface area contributed by atoms with Gasteiger partial charge in [0.2, 0.25) is 10.0 Å². The average Bonchev–Trinajstić information content (AvgIpc) is 2.49. The molecule has 0 heterocycles. The topological polar surface area (TPSA) is 66.4 Å². The Morgan fingerprint density at radius 1 is 1.24 bits per heavy atom. The van der Waals surface area contributed by atoms with Crippen LogP contribution >= 0.6 is 0 Å². The summed E-state index contributed by atoms with van der Waals surface area (Å²) in [5, 5.41) is 10.7. The zero-order valence-corrected chi connectivity index (χ0v) is 13.4. The van der Waals surface area contributed by atoms with Gasteiger partial charge in [0, 0.05) is 6.04 Å². The lowest BCUT2D eigenvalue weighted by Crippen LogP contribution is -2.42. The van der Waals surface area contributed by atoms with Gasteiger partial charge in [-0.15, -0.1) is 0 Å². The van der Waals surface area contributed by atoms with E-state index >= 15 is 0 Å². The lowest BCUT2D eigenvalue weighted by Gasteiger charge is -2.36. The maximum Gasteiger partial charge on any atom is 0.211 e. The summed E-state index contributed by atoms with van der Waals surface area (Å²) >= 11 is 0. The van der Waals surface area contributed by atoms with Gasteiger partial charge in [-0.2, -0.15) is 0 Å². The van der Waals surface area contributed by atoms with E-state index in [0.717, 1.165) is 12.0 Å². The molecule has 21 heavy (non-hydrogen) atoms. The summed E-state index contributed by atoms with van der Waals surface area (Å²) in [6, 6.07) is 9.60. The lowest BCUT2D eigenvalue weighted by molar-refractivity contribution is -0.00637. The molecule has 1 aromatic carbocycles. The van der Waals surface area contributed by atoms with Crippen LogP contribution in [0, 0.1) is 0 Å². The number of unbranched alkanes of at least 4 members (excludes halogenated alkanes) is 1. The first kappa shape index (κ1) is 16.5. The smallest absolute Gasteiger partial charge is 0.211 e. The minimum Gasteiger partial charge on any atom is -0.385 e. The second-order valence-electron chi connectivity index (χ2n) is 5.96. The van der Waals surface area contributed by atoms with Crippen LogP contribution in [-0.2, 0) is 15.6 Å². The van der Waals surface area contributed by atoms with Crippen molar-refractivity contribution in [1.82, 2.24) is 4.72 Å². The third kappa shape index (κ3) is 4.53. The summed E-state index contributed by atoms with van der Waals surface area (Å²) in [4.78, 5) is 0.